The molecule has 2 unspecified atom stereocenters. The fraction of sp³-hybridized carbons (Fsp3) is 0.647. The number of ether oxygens (including phenoxy) is 2. The van der Waals surface area contributed by atoms with Crippen molar-refractivity contribution in [2.75, 3.05) is 20.3 Å². The molecule has 4 heteroatoms. The van der Waals surface area contributed by atoms with Crippen LogP contribution in [0.3, 0.4) is 0 Å². The van der Waals surface area contributed by atoms with Crippen LogP contribution in [-0.2, 0) is 16.0 Å². The van der Waals surface area contributed by atoms with Gasteiger partial charge in [0.25, 0.3) is 0 Å². The third-order valence-electron chi connectivity index (χ3n) is 4.77. The summed E-state index contributed by atoms with van der Waals surface area (Å²) in [6.07, 6.45) is 2.75. The summed E-state index contributed by atoms with van der Waals surface area (Å²) >= 11 is 0. The number of hydrogen-bond donors (Lipinski definition) is 1. The highest BCUT2D eigenvalue weighted by atomic mass is 16.7. The van der Waals surface area contributed by atoms with Gasteiger partial charge in [-0.05, 0) is 26.0 Å². The van der Waals surface area contributed by atoms with Crippen molar-refractivity contribution in [1.29, 1.82) is 0 Å². The van der Waals surface area contributed by atoms with E-state index < -0.39 is 0 Å². The van der Waals surface area contributed by atoms with Crippen molar-refractivity contribution in [2.24, 2.45) is 5.73 Å². The number of nitrogens with zero attached hydrogens (tertiary/aromatic N) is 1. The van der Waals surface area contributed by atoms with Gasteiger partial charge in [-0.3, -0.25) is 4.90 Å². The van der Waals surface area contributed by atoms with Gasteiger partial charge in [0.2, 0.25) is 0 Å². The van der Waals surface area contributed by atoms with Crippen LogP contribution in [0.2, 0.25) is 0 Å². The molecule has 2 fully saturated rings. The molecule has 1 aliphatic heterocycles. The van der Waals surface area contributed by atoms with Gasteiger partial charge in [0.1, 0.15) is 0 Å². The van der Waals surface area contributed by atoms with Crippen LogP contribution in [0, 0.1) is 6.92 Å². The second kappa shape index (κ2) is 6.05. The number of benzene rings is 1. The quantitative estimate of drug-likeness (QED) is 0.925. The van der Waals surface area contributed by atoms with Gasteiger partial charge in [0.15, 0.2) is 5.79 Å². The smallest absolute Gasteiger partial charge is 0.170 e. The van der Waals surface area contributed by atoms with Gasteiger partial charge >= 0.3 is 0 Å². The zero-order chi connectivity index (χ0) is 14.9. The second-order valence-electron chi connectivity index (χ2n) is 6.49. The Morgan fingerprint density at radius 1 is 1.33 bits per heavy atom. The Morgan fingerprint density at radius 3 is 2.81 bits per heavy atom. The van der Waals surface area contributed by atoms with Gasteiger partial charge in [-0.1, -0.05) is 29.8 Å². The van der Waals surface area contributed by atoms with E-state index >= 15 is 0 Å². The molecule has 0 aromatic heterocycles. The van der Waals surface area contributed by atoms with Gasteiger partial charge < -0.3 is 15.2 Å². The van der Waals surface area contributed by atoms with Gasteiger partial charge in [-0.25, -0.2) is 0 Å². The lowest BCUT2D eigenvalue weighted by Gasteiger charge is -2.43. The lowest BCUT2D eigenvalue weighted by atomic mass is 9.85. The number of nitrogens with two attached hydrogens (primary N) is 1. The van der Waals surface area contributed by atoms with E-state index in [9.17, 15) is 0 Å². The maximum absolute atomic E-state index is 6.36. The molecule has 1 aliphatic carbocycles. The van der Waals surface area contributed by atoms with Gasteiger partial charge in [-0.2, -0.15) is 0 Å². The van der Waals surface area contributed by atoms with Crippen LogP contribution >= 0.6 is 0 Å². The zero-order valence-corrected chi connectivity index (χ0v) is 13.0. The summed E-state index contributed by atoms with van der Waals surface area (Å²) in [6, 6.07) is 9.16. The zero-order valence-electron chi connectivity index (χ0n) is 13.0. The predicted octanol–water partition coefficient (Wildman–Crippen LogP) is 2.05. The molecule has 0 amide bonds. The lowest BCUT2D eigenvalue weighted by Crippen LogP contribution is -2.55. The van der Waals surface area contributed by atoms with Crippen LogP contribution in [0.15, 0.2) is 24.3 Å². The molecule has 1 heterocycles. The molecule has 3 rings (SSSR count). The number of rotatable bonds is 3. The van der Waals surface area contributed by atoms with E-state index in [1.807, 2.05) is 0 Å². The molecular formula is C17H26N2O2. The summed E-state index contributed by atoms with van der Waals surface area (Å²) in [6.45, 7) is 4.47. The average Bonchev–Trinajstić information content (AvgIpc) is 2.90. The fourth-order valence-electron chi connectivity index (χ4n) is 3.61. The van der Waals surface area contributed by atoms with E-state index in [0.29, 0.717) is 19.3 Å². The Balaban J connectivity index is 1.68. The van der Waals surface area contributed by atoms with E-state index in [1.165, 1.54) is 11.1 Å². The van der Waals surface area contributed by atoms with Crippen molar-refractivity contribution in [2.45, 2.75) is 50.6 Å². The first kappa shape index (κ1) is 15.0. The highest BCUT2D eigenvalue weighted by Crippen LogP contribution is 2.37. The summed E-state index contributed by atoms with van der Waals surface area (Å²) in [5, 5.41) is 0. The van der Waals surface area contributed by atoms with E-state index in [1.54, 1.807) is 0 Å². The van der Waals surface area contributed by atoms with Crippen LogP contribution in [0.4, 0.5) is 0 Å². The molecule has 21 heavy (non-hydrogen) atoms. The monoisotopic (exact) mass is 290 g/mol. The van der Waals surface area contributed by atoms with Crippen molar-refractivity contribution in [3.63, 3.8) is 0 Å². The molecule has 1 aromatic carbocycles. The van der Waals surface area contributed by atoms with E-state index in [0.717, 1.165) is 25.8 Å². The molecule has 2 aliphatic rings. The van der Waals surface area contributed by atoms with Crippen LogP contribution in [0.5, 0.6) is 0 Å². The van der Waals surface area contributed by atoms with E-state index in [2.05, 4.69) is 43.1 Å². The summed E-state index contributed by atoms with van der Waals surface area (Å²) in [4.78, 5) is 2.35. The summed E-state index contributed by atoms with van der Waals surface area (Å²) in [5.41, 5.74) is 8.99. The molecule has 1 spiro atoms. The minimum atomic E-state index is -0.374. The first-order chi connectivity index (χ1) is 10.1. The first-order valence-electron chi connectivity index (χ1n) is 7.87. The largest absolute Gasteiger partial charge is 0.347 e. The van der Waals surface area contributed by atoms with Crippen LogP contribution in [0.1, 0.15) is 30.4 Å². The fourth-order valence-corrected chi connectivity index (χ4v) is 3.61. The molecule has 1 saturated carbocycles. The van der Waals surface area contributed by atoms with Crippen molar-refractivity contribution in [3.8, 4) is 0 Å². The average molecular weight is 290 g/mol. The standard InChI is InChI=1S/C17H26N2O2/c1-13-4-3-5-14(10-13)12-19(2)16-11-17(7-6-15(16)18)20-8-9-21-17/h3-5,10,15-16H,6-9,11-12,18H2,1-2H3. The maximum Gasteiger partial charge on any atom is 0.170 e. The van der Waals surface area contributed by atoms with Crippen molar-refractivity contribution in [3.05, 3.63) is 35.4 Å². The number of aryl methyl sites for hydroxylation is 1. The Hall–Kier alpha value is -0.940. The molecule has 1 aromatic rings. The Morgan fingerprint density at radius 2 is 2.10 bits per heavy atom. The Labute approximate surface area is 127 Å². The summed E-state index contributed by atoms with van der Waals surface area (Å²) in [5.74, 6) is -0.374. The molecule has 2 N–H and O–H groups in total. The highest BCUT2D eigenvalue weighted by molar-refractivity contribution is 5.22. The summed E-state index contributed by atoms with van der Waals surface area (Å²) < 4.78 is 11.8. The van der Waals surface area contributed by atoms with Gasteiger partial charge in [0, 0.05) is 31.5 Å². The Kier molecular flexibility index (Phi) is 4.31. The van der Waals surface area contributed by atoms with Gasteiger partial charge in [0.05, 0.1) is 13.2 Å². The highest BCUT2D eigenvalue weighted by Gasteiger charge is 2.45. The topological polar surface area (TPSA) is 47.7 Å². The molecule has 0 radical (unpaired) electrons. The van der Waals surface area contributed by atoms with Gasteiger partial charge in [-0.15, -0.1) is 0 Å². The molecular weight excluding hydrogens is 264 g/mol. The van der Waals surface area contributed by atoms with Crippen LogP contribution < -0.4 is 5.73 Å². The molecule has 1 saturated heterocycles. The van der Waals surface area contributed by atoms with Crippen LogP contribution in [0.25, 0.3) is 0 Å². The molecule has 4 nitrogen and oxygen atoms in total. The SMILES string of the molecule is Cc1cccc(CN(C)C2CC3(CCC2N)OCCO3)c1. The first-order valence-corrected chi connectivity index (χ1v) is 7.87. The lowest BCUT2D eigenvalue weighted by molar-refractivity contribution is -0.191. The third-order valence-corrected chi connectivity index (χ3v) is 4.77. The Bertz CT molecular complexity index is 485. The normalized spacial score (nSPS) is 28.4. The van der Waals surface area contributed by atoms with E-state index in [-0.39, 0.29) is 11.8 Å². The predicted molar refractivity (Wildman–Crippen MR) is 82.9 cm³/mol. The van der Waals surface area contributed by atoms with Crippen molar-refractivity contribution >= 4 is 0 Å². The minimum Gasteiger partial charge on any atom is -0.347 e. The van der Waals surface area contributed by atoms with Crippen LogP contribution in [-0.4, -0.2) is 43.0 Å². The number of likely N-dealkylation sites (N-methyl/N-ethyl adjacent to an activating group) is 1. The molecule has 116 valence electrons. The summed E-state index contributed by atoms with van der Waals surface area (Å²) in [7, 11) is 2.15. The molecule has 0 bridgehead atoms. The maximum atomic E-state index is 6.36. The second-order valence-corrected chi connectivity index (χ2v) is 6.49. The van der Waals surface area contributed by atoms with Crippen molar-refractivity contribution in [1.82, 2.24) is 4.90 Å². The van der Waals surface area contributed by atoms with E-state index in [4.69, 9.17) is 15.2 Å². The number of hydrogen-bond acceptors (Lipinski definition) is 4. The third kappa shape index (κ3) is 3.29. The minimum absolute atomic E-state index is 0.193. The van der Waals surface area contributed by atoms with Crippen molar-refractivity contribution < 1.29 is 9.47 Å². The molecule has 2 atom stereocenters.